The van der Waals surface area contributed by atoms with E-state index in [1.807, 2.05) is 30.3 Å². The van der Waals surface area contributed by atoms with Crippen LogP contribution in [0.5, 0.6) is 0 Å². The van der Waals surface area contributed by atoms with Gasteiger partial charge < -0.3 is 4.52 Å². The van der Waals surface area contributed by atoms with Crippen LogP contribution in [-0.2, 0) is 0 Å². The Hall–Kier alpha value is -1.39. The molecular weight excluding hydrogens is 304 g/mol. The average Bonchev–Trinajstić information content (AvgIpc) is 2.75. The molecule has 0 aliphatic carbocycles. The topological polar surface area (TPSA) is 38.9 Å². The number of hydrogen-bond donors (Lipinski definition) is 0. The summed E-state index contributed by atoms with van der Waals surface area (Å²) in [5.74, 6) is 0.430. The molecule has 0 aliphatic rings. The van der Waals surface area contributed by atoms with Gasteiger partial charge >= 0.3 is 0 Å². The van der Waals surface area contributed by atoms with Crippen molar-refractivity contribution in [3.05, 3.63) is 46.2 Å². The van der Waals surface area contributed by atoms with E-state index >= 15 is 0 Å². The van der Waals surface area contributed by atoms with Gasteiger partial charge in [0.1, 0.15) is 0 Å². The van der Waals surface area contributed by atoms with Gasteiger partial charge in [-0.25, -0.2) is 0 Å². The van der Waals surface area contributed by atoms with Crippen molar-refractivity contribution < 1.29 is 4.52 Å². The van der Waals surface area contributed by atoms with Gasteiger partial charge in [-0.15, -0.1) is 0 Å². The Morgan fingerprint density at radius 2 is 1.82 bits per heavy atom. The molecule has 3 nitrogen and oxygen atoms in total. The van der Waals surface area contributed by atoms with Crippen molar-refractivity contribution in [2.24, 2.45) is 0 Å². The smallest absolute Gasteiger partial charge is 0.264 e. The zero-order valence-corrected chi connectivity index (χ0v) is 10.9. The number of halogens is 2. The first kappa shape index (κ1) is 10.7. The van der Waals surface area contributed by atoms with Crippen molar-refractivity contribution in [2.45, 2.75) is 0 Å². The Bertz CT molecular complexity index is 696. The fourth-order valence-electron chi connectivity index (χ4n) is 1.67. The maximum absolute atomic E-state index is 5.63. The molecule has 0 atom stereocenters. The molecule has 0 unspecified atom stereocenters. The van der Waals surface area contributed by atoms with Gasteiger partial charge in [-0.3, -0.25) is 0 Å². The minimum atomic E-state index is 0.121. The average molecular weight is 310 g/mol. The fraction of sp³-hybridized carbons (Fsp3) is 0. The lowest BCUT2D eigenvalue weighted by Gasteiger charge is -2.00. The monoisotopic (exact) mass is 308 g/mol. The second-order valence-electron chi connectivity index (χ2n) is 3.57. The van der Waals surface area contributed by atoms with Crippen LogP contribution in [-0.4, -0.2) is 10.1 Å². The molecule has 3 rings (SSSR count). The summed E-state index contributed by atoms with van der Waals surface area (Å²) in [6.45, 7) is 0. The van der Waals surface area contributed by atoms with Gasteiger partial charge in [-0.2, -0.15) is 4.98 Å². The lowest BCUT2D eigenvalue weighted by atomic mass is 10.1. The van der Waals surface area contributed by atoms with Crippen LogP contribution >= 0.6 is 27.5 Å². The molecule has 1 heterocycles. The molecule has 0 N–H and O–H groups in total. The standard InChI is InChI=1S/C12H6BrClN2O/c13-10-4-3-7-5-9(2-1-8(7)6-10)11-15-12(14)16-17-11/h1-6H. The summed E-state index contributed by atoms with van der Waals surface area (Å²) >= 11 is 9.07. The molecule has 0 saturated heterocycles. The predicted molar refractivity (Wildman–Crippen MR) is 70.0 cm³/mol. The van der Waals surface area contributed by atoms with E-state index in [2.05, 4.69) is 32.1 Å². The van der Waals surface area contributed by atoms with Crippen LogP contribution in [0.3, 0.4) is 0 Å². The Morgan fingerprint density at radius 1 is 1.06 bits per heavy atom. The summed E-state index contributed by atoms with van der Waals surface area (Å²) in [7, 11) is 0. The molecule has 1 aromatic heterocycles. The third kappa shape index (κ3) is 2.06. The molecule has 0 radical (unpaired) electrons. The molecule has 0 amide bonds. The Morgan fingerprint density at radius 3 is 2.59 bits per heavy atom. The lowest BCUT2D eigenvalue weighted by Crippen LogP contribution is -1.79. The normalized spacial score (nSPS) is 10.9. The van der Waals surface area contributed by atoms with Gasteiger partial charge in [0.2, 0.25) is 0 Å². The van der Waals surface area contributed by atoms with Gasteiger partial charge in [-0.1, -0.05) is 28.1 Å². The summed E-state index contributed by atoms with van der Waals surface area (Å²) in [6, 6.07) is 12.0. The molecule has 2 aromatic carbocycles. The second kappa shape index (κ2) is 4.13. The molecule has 84 valence electrons. The molecule has 0 aliphatic heterocycles. The van der Waals surface area contributed by atoms with Crippen LogP contribution in [0.4, 0.5) is 0 Å². The number of aromatic nitrogens is 2. The van der Waals surface area contributed by atoms with Crippen molar-refractivity contribution >= 4 is 38.3 Å². The summed E-state index contributed by atoms with van der Waals surface area (Å²) in [4.78, 5) is 3.98. The van der Waals surface area contributed by atoms with Crippen LogP contribution in [0.2, 0.25) is 5.28 Å². The van der Waals surface area contributed by atoms with Crippen molar-refractivity contribution in [1.29, 1.82) is 0 Å². The van der Waals surface area contributed by atoms with Crippen LogP contribution in [0, 0.1) is 0 Å². The van der Waals surface area contributed by atoms with E-state index in [4.69, 9.17) is 16.1 Å². The second-order valence-corrected chi connectivity index (χ2v) is 4.83. The maximum atomic E-state index is 5.63. The number of nitrogens with zero attached hydrogens (tertiary/aromatic N) is 2. The summed E-state index contributed by atoms with van der Waals surface area (Å²) in [5, 5.41) is 5.94. The van der Waals surface area contributed by atoms with Crippen LogP contribution in [0.25, 0.3) is 22.2 Å². The van der Waals surface area contributed by atoms with E-state index in [1.165, 1.54) is 0 Å². The van der Waals surface area contributed by atoms with Crippen molar-refractivity contribution in [2.75, 3.05) is 0 Å². The van der Waals surface area contributed by atoms with Crippen LogP contribution in [0.15, 0.2) is 45.4 Å². The molecule has 3 aromatic rings. The first-order valence-corrected chi connectivity index (χ1v) is 6.08. The highest BCUT2D eigenvalue weighted by Crippen LogP contribution is 2.25. The molecule has 0 spiro atoms. The third-order valence-corrected chi connectivity index (χ3v) is 3.10. The molecule has 0 bridgehead atoms. The van der Waals surface area contributed by atoms with Gasteiger partial charge in [0, 0.05) is 10.0 Å². The Balaban J connectivity index is 2.16. The SMILES string of the molecule is Clc1noc(-c2ccc3cc(Br)ccc3c2)n1. The van der Waals surface area contributed by atoms with Crippen LogP contribution in [0.1, 0.15) is 0 Å². The number of hydrogen-bond acceptors (Lipinski definition) is 3. The summed E-state index contributed by atoms with van der Waals surface area (Å²) < 4.78 is 6.07. The van der Waals surface area contributed by atoms with E-state index in [-0.39, 0.29) is 5.28 Å². The minimum Gasteiger partial charge on any atom is -0.333 e. The Kier molecular flexibility index (Phi) is 2.61. The molecule has 0 saturated carbocycles. The van der Waals surface area contributed by atoms with E-state index in [1.54, 1.807) is 0 Å². The number of benzene rings is 2. The van der Waals surface area contributed by atoms with E-state index in [9.17, 15) is 0 Å². The van der Waals surface area contributed by atoms with Gasteiger partial charge in [0.05, 0.1) is 0 Å². The van der Waals surface area contributed by atoms with Crippen molar-refractivity contribution in [3.8, 4) is 11.5 Å². The van der Waals surface area contributed by atoms with Crippen molar-refractivity contribution in [1.82, 2.24) is 10.1 Å². The Labute approximate surface area is 111 Å². The summed E-state index contributed by atoms with van der Waals surface area (Å²) in [6.07, 6.45) is 0. The van der Waals surface area contributed by atoms with E-state index < -0.39 is 0 Å². The quantitative estimate of drug-likeness (QED) is 0.672. The van der Waals surface area contributed by atoms with Gasteiger partial charge in [0.25, 0.3) is 11.2 Å². The molecule has 5 heteroatoms. The third-order valence-electron chi connectivity index (χ3n) is 2.45. The van der Waals surface area contributed by atoms with Crippen molar-refractivity contribution in [3.63, 3.8) is 0 Å². The highest BCUT2D eigenvalue weighted by Gasteiger charge is 2.07. The highest BCUT2D eigenvalue weighted by atomic mass is 79.9. The highest BCUT2D eigenvalue weighted by molar-refractivity contribution is 9.10. The zero-order valence-electron chi connectivity index (χ0n) is 8.52. The van der Waals surface area contributed by atoms with E-state index in [0.29, 0.717) is 5.89 Å². The summed E-state index contributed by atoms with van der Waals surface area (Å²) in [5.41, 5.74) is 0.860. The molecular formula is C12H6BrClN2O. The molecule has 17 heavy (non-hydrogen) atoms. The largest absolute Gasteiger partial charge is 0.333 e. The number of fused-ring (bicyclic) bond motifs is 1. The van der Waals surface area contributed by atoms with Gasteiger partial charge in [-0.05, 0) is 51.8 Å². The maximum Gasteiger partial charge on any atom is 0.264 e. The first-order chi connectivity index (χ1) is 8.22. The lowest BCUT2D eigenvalue weighted by molar-refractivity contribution is 0.430. The first-order valence-electron chi connectivity index (χ1n) is 4.91. The fourth-order valence-corrected chi connectivity index (χ4v) is 2.16. The van der Waals surface area contributed by atoms with Gasteiger partial charge in [0.15, 0.2) is 0 Å². The van der Waals surface area contributed by atoms with E-state index in [0.717, 1.165) is 20.8 Å². The predicted octanol–water partition coefficient (Wildman–Crippen LogP) is 4.31. The minimum absolute atomic E-state index is 0.121. The molecule has 0 fully saturated rings. The van der Waals surface area contributed by atoms with Crippen LogP contribution < -0.4 is 0 Å². The zero-order chi connectivity index (χ0) is 11.8. The number of rotatable bonds is 1.